The Bertz CT molecular complexity index is 325. The van der Waals surface area contributed by atoms with Crippen LogP contribution in [0.3, 0.4) is 0 Å². The topological polar surface area (TPSA) is 49.3 Å². The number of carbonyl (C=O) groups is 1. The molecule has 0 spiro atoms. The Hall–Kier alpha value is 0.780. The van der Waals surface area contributed by atoms with Gasteiger partial charge in [-0.1, -0.05) is 103 Å². The second-order valence-corrected chi connectivity index (χ2v) is 8.92. The van der Waals surface area contributed by atoms with Crippen LogP contribution in [0, 0.1) is 0 Å². The molecule has 5 heteroatoms. The third-order valence-corrected chi connectivity index (χ3v) is 5.97. The normalized spacial score (nSPS) is 11.9. The predicted octanol–water partition coefficient (Wildman–Crippen LogP) is 4.16. The number of aliphatic carboxylic acids is 1. The Balaban J connectivity index is -0.00000338. The zero-order chi connectivity index (χ0) is 20.0. The molecular formula is C23H48NNaO2S. The van der Waals surface area contributed by atoms with E-state index in [9.17, 15) is 4.79 Å². The Morgan fingerprint density at radius 1 is 0.821 bits per heavy atom. The fourth-order valence-corrected chi connectivity index (χ4v) is 3.97. The van der Waals surface area contributed by atoms with Crippen LogP contribution in [0.15, 0.2) is 0 Å². The average molecular weight is 426 g/mol. The minimum Gasteiger partial charge on any atom is -1.00 e. The number of carboxylic acids is 1. The third-order valence-electron chi connectivity index (χ3n) is 5.33. The van der Waals surface area contributed by atoms with Gasteiger partial charge in [0.1, 0.15) is 6.04 Å². The van der Waals surface area contributed by atoms with E-state index in [1.165, 1.54) is 96.3 Å². The molecule has 1 atom stereocenters. The van der Waals surface area contributed by atoms with Gasteiger partial charge in [-0.25, -0.2) is 0 Å². The van der Waals surface area contributed by atoms with E-state index in [1.54, 1.807) is 11.8 Å². The van der Waals surface area contributed by atoms with Gasteiger partial charge in [0.2, 0.25) is 0 Å². The molecule has 0 aliphatic heterocycles. The first-order valence-corrected chi connectivity index (χ1v) is 13.1. The smallest absolute Gasteiger partial charge is 1.00 e. The fraction of sp³-hybridized carbons (Fsp3) is 0.957. The van der Waals surface area contributed by atoms with Crippen molar-refractivity contribution in [1.82, 2.24) is 5.32 Å². The maximum atomic E-state index is 11.1. The van der Waals surface area contributed by atoms with Crippen LogP contribution >= 0.6 is 11.8 Å². The molecule has 0 aromatic heterocycles. The van der Waals surface area contributed by atoms with E-state index in [4.69, 9.17) is 5.11 Å². The second kappa shape index (κ2) is 25.8. The van der Waals surface area contributed by atoms with E-state index in [1.807, 2.05) is 6.26 Å². The van der Waals surface area contributed by atoms with Crippen molar-refractivity contribution in [3.05, 3.63) is 0 Å². The van der Waals surface area contributed by atoms with Gasteiger partial charge in [0, 0.05) is 0 Å². The van der Waals surface area contributed by atoms with Crippen molar-refractivity contribution in [3.8, 4) is 0 Å². The first-order chi connectivity index (χ1) is 13.2. The summed E-state index contributed by atoms with van der Waals surface area (Å²) in [7, 11) is 0. The van der Waals surface area contributed by atoms with Gasteiger partial charge in [0.25, 0.3) is 0 Å². The average Bonchev–Trinajstić information content (AvgIpc) is 2.66. The van der Waals surface area contributed by atoms with Crippen LogP contribution < -0.4 is 34.9 Å². The van der Waals surface area contributed by atoms with Crippen LogP contribution in [0.4, 0.5) is 0 Å². The fourth-order valence-electron chi connectivity index (χ4n) is 3.50. The summed E-state index contributed by atoms with van der Waals surface area (Å²) in [5.41, 5.74) is 0. The van der Waals surface area contributed by atoms with Gasteiger partial charge >= 0.3 is 35.5 Å². The van der Waals surface area contributed by atoms with Crippen molar-refractivity contribution >= 4 is 17.7 Å². The maximum absolute atomic E-state index is 11.1. The van der Waals surface area contributed by atoms with Gasteiger partial charge in [0.05, 0.1) is 0 Å². The summed E-state index contributed by atoms with van der Waals surface area (Å²) in [5.74, 6) is 0.198. The molecule has 3 nitrogen and oxygen atoms in total. The predicted molar refractivity (Wildman–Crippen MR) is 123 cm³/mol. The van der Waals surface area contributed by atoms with Gasteiger partial charge in [-0.2, -0.15) is 11.8 Å². The van der Waals surface area contributed by atoms with Gasteiger partial charge in [0.15, 0.2) is 0 Å². The summed E-state index contributed by atoms with van der Waals surface area (Å²) >= 11 is 1.71. The van der Waals surface area contributed by atoms with Gasteiger partial charge in [-0.3, -0.25) is 4.79 Å². The van der Waals surface area contributed by atoms with E-state index >= 15 is 0 Å². The molecular weight excluding hydrogens is 377 g/mol. The summed E-state index contributed by atoms with van der Waals surface area (Å²) in [6.07, 6.45) is 24.7. The Morgan fingerprint density at radius 2 is 1.21 bits per heavy atom. The Kier molecular flexibility index (Phi) is 28.6. The van der Waals surface area contributed by atoms with Crippen LogP contribution in [0.5, 0.6) is 0 Å². The molecule has 0 aliphatic carbocycles. The van der Waals surface area contributed by atoms with E-state index < -0.39 is 5.97 Å². The monoisotopic (exact) mass is 425 g/mol. The zero-order valence-corrected chi connectivity index (χ0v) is 22.1. The number of hydrogen-bond acceptors (Lipinski definition) is 3. The van der Waals surface area contributed by atoms with E-state index in [2.05, 4.69) is 12.2 Å². The summed E-state index contributed by atoms with van der Waals surface area (Å²) in [4.78, 5) is 11.1. The molecule has 0 fully saturated rings. The second-order valence-electron chi connectivity index (χ2n) is 7.93. The van der Waals surface area contributed by atoms with Crippen LogP contribution in [0.25, 0.3) is 0 Å². The molecule has 0 heterocycles. The molecule has 0 amide bonds. The van der Waals surface area contributed by atoms with E-state index in [0.29, 0.717) is 0 Å². The van der Waals surface area contributed by atoms with Crippen molar-refractivity contribution in [2.24, 2.45) is 0 Å². The van der Waals surface area contributed by atoms with Crippen molar-refractivity contribution < 1.29 is 40.9 Å². The first-order valence-electron chi connectivity index (χ1n) is 11.7. The number of nitrogens with one attached hydrogen (secondary N) is 1. The van der Waals surface area contributed by atoms with Crippen LogP contribution in [-0.4, -0.2) is 35.7 Å². The Labute approximate surface area is 203 Å². The molecule has 28 heavy (non-hydrogen) atoms. The minimum atomic E-state index is -0.708. The molecule has 0 saturated carbocycles. The number of hydrogen-bond donors (Lipinski definition) is 2. The molecule has 2 N–H and O–H groups in total. The molecule has 0 aromatic rings. The van der Waals surface area contributed by atoms with Gasteiger partial charge < -0.3 is 11.8 Å². The first kappa shape index (κ1) is 31.0. The minimum absolute atomic E-state index is 0. The maximum Gasteiger partial charge on any atom is 1.00 e. The number of rotatable bonds is 22. The quantitative estimate of drug-likeness (QED) is 0.202. The van der Waals surface area contributed by atoms with Crippen molar-refractivity contribution in [2.75, 3.05) is 18.6 Å². The Morgan fingerprint density at radius 3 is 1.57 bits per heavy atom. The summed E-state index contributed by atoms with van der Waals surface area (Å²) in [6, 6.07) is -0.367. The molecule has 0 saturated heterocycles. The summed E-state index contributed by atoms with van der Waals surface area (Å²) in [6.45, 7) is 3.12. The molecule has 0 aromatic carbocycles. The van der Waals surface area contributed by atoms with Crippen LogP contribution in [-0.2, 0) is 4.79 Å². The SMILES string of the molecule is CCCCCCCCCCCCCCCCCCNC(CCSC)C(=O)O.[H-].[Na+]. The number of thioether (sulfide) groups is 1. The largest absolute Gasteiger partial charge is 1.00 e. The molecule has 1 unspecified atom stereocenters. The third kappa shape index (κ3) is 23.1. The molecule has 0 radical (unpaired) electrons. The van der Waals surface area contributed by atoms with E-state index in [0.717, 1.165) is 25.1 Å². The standard InChI is InChI=1S/C23H47NO2S.Na.H/c1-3-4-5-6-7-8-9-10-11-12-13-14-15-16-17-18-20-24-22(23(25)26)19-21-27-2;;/h22,24H,3-21H2,1-2H3,(H,25,26);;/q;+1;-1. The van der Waals surface area contributed by atoms with Crippen LogP contribution in [0.2, 0.25) is 0 Å². The summed E-state index contributed by atoms with van der Waals surface area (Å²) in [5, 5.41) is 12.4. The molecule has 0 bridgehead atoms. The summed E-state index contributed by atoms with van der Waals surface area (Å²) < 4.78 is 0. The molecule has 0 rings (SSSR count). The van der Waals surface area contributed by atoms with Crippen molar-refractivity contribution in [3.63, 3.8) is 0 Å². The van der Waals surface area contributed by atoms with Crippen molar-refractivity contribution in [1.29, 1.82) is 0 Å². The molecule has 164 valence electrons. The number of unbranched alkanes of at least 4 members (excludes halogenated alkanes) is 15. The number of carboxylic acid groups (broad SMARTS) is 1. The molecule has 0 aliphatic rings. The van der Waals surface area contributed by atoms with Crippen molar-refractivity contribution in [2.45, 2.75) is 122 Å². The van der Waals surface area contributed by atoms with E-state index in [-0.39, 0.29) is 37.0 Å². The van der Waals surface area contributed by atoms with Crippen LogP contribution in [0.1, 0.15) is 118 Å². The van der Waals surface area contributed by atoms with Gasteiger partial charge in [-0.15, -0.1) is 0 Å². The zero-order valence-electron chi connectivity index (χ0n) is 20.3. The van der Waals surface area contributed by atoms with Gasteiger partial charge in [-0.05, 0) is 31.4 Å².